The minimum Gasteiger partial charge on any atom is -0.383 e. The third-order valence-electron chi connectivity index (χ3n) is 5.98. The number of piperidine rings is 1. The summed E-state index contributed by atoms with van der Waals surface area (Å²) in [6.07, 6.45) is 11.3. The van der Waals surface area contributed by atoms with Crippen molar-refractivity contribution in [2.75, 3.05) is 27.2 Å². The van der Waals surface area contributed by atoms with Gasteiger partial charge in [0.2, 0.25) is 15.9 Å². The molecule has 0 atom stereocenters. The first-order valence-electron chi connectivity index (χ1n) is 10.9. The van der Waals surface area contributed by atoms with Crippen molar-refractivity contribution in [3.05, 3.63) is 17.7 Å². The molecular formula is C21H34N4O4S. The molecule has 2 heterocycles. The number of nitrogens with zero attached hydrogens (tertiary/aromatic N) is 3. The van der Waals surface area contributed by atoms with Crippen molar-refractivity contribution in [1.29, 1.82) is 0 Å². The Morgan fingerprint density at radius 1 is 1.13 bits per heavy atom. The number of carbonyl (C=O) groups is 1. The summed E-state index contributed by atoms with van der Waals surface area (Å²) in [6, 6.07) is 0.271. The summed E-state index contributed by atoms with van der Waals surface area (Å²) in [5, 5.41) is 7.07. The first-order chi connectivity index (χ1) is 14.3. The zero-order chi connectivity index (χ0) is 21.7. The molecule has 9 heteroatoms. The largest absolute Gasteiger partial charge is 0.383 e. The van der Waals surface area contributed by atoms with E-state index in [0.29, 0.717) is 31.6 Å². The number of amides is 1. The van der Waals surface area contributed by atoms with Gasteiger partial charge in [-0.3, -0.25) is 4.79 Å². The highest BCUT2D eigenvalue weighted by atomic mass is 32.2. The number of aryl methyl sites for hydroxylation is 1. The molecule has 0 aromatic carbocycles. The number of aromatic nitrogens is 1. The fraction of sp³-hybridized carbons (Fsp3) is 0.714. The topological polar surface area (TPSA) is 95.8 Å². The van der Waals surface area contributed by atoms with E-state index in [1.165, 1.54) is 30.0 Å². The summed E-state index contributed by atoms with van der Waals surface area (Å²) >= 11 is 0. The molecule has 1 aromatic rings. The van der Waals surface area contributed by atoms with Crippen LogP contribution in [0.5, 0.6) is 0 Å². The maximum absolute atomic E-state index is 13.2. The summed E-state index contributed by atoms with van der Waals surface area (Å²) in [7, 11) is -0.0414. The normalized spacial score (nSPS) is 20.4. The van der Waals surface area contributed by atoms with Crippen LogP contribution >= 0.6 is 0 Å². The van der Waals surface area contributed by atoms with Crippen LogP contribution < -0.4 is 5.32 Å². The van der Waals surface area contributed by atoms with E-state index >= 15 is 0 Å². The van der Waals surface area contributed by atoms with Crippen molar-refractivity contribution in [3.63, 3.8) is 0 Å². The van der Waals surface area contributed by atoms with Crippen molar-refractivity contribution in [3.8, 4) is 0 Å². The van der Waals surface area contributed by atoms with Crippen molar-refractivity contribution >= 4 is 22.0 Å². The number of carbonyl (C=O) groups excluding carboxylic acids is 1. The first-order valence-corrected chi connectivity index (χ1v) is 12.3. The number of hydrogen-bond acceptors (Lipinski definition) is 6. The van der Waals surface area contributed by atoms with E-state index < -0.39 is 10.0 Å². The van der Waals surface area contributed by atoms with Gasteiger partial charge in [-0.25, -0.2) is 8.42 Å². The summed E-state index contributed by atoms with van der Waals surface area (Å²) in [5.74, 6) is 0.181. The SMILES string of the molecule is Cc1noc(C=CN(C)C)c1S(=O)(=O)N1CCC(C(=O)NC2CCCCCC2)CC1. The second kappa shape index (κ2) is 9.96. The zero-order valence-electron chi connectivity index (χ0n) is 18.3. The number of nitrogens with one attached hydrogen (secondary N) is 1. The lowest BCUT2D eigenvalue weighted by molar-refractivity contribution is -0.126. The lowest BCUT2D eigenvalue weighted by Crippen LogP contribution is -2.45. The molecule has 8 nitrogen and oxygen atoms in total. The third-order valence-corrected chi connectivity index (χ3v) is 8.04. The predicted octanol–water partition coefficient (Wildman–Crippen LogP) is 2.76. The second-order valence-corrected chi connectivity index (χ2v) is 10.5. The van der Waals surface area contributed by atoms with Crippen LogP contribution in [-0.4, -0.2) is 61.9 Å². The number of rotatable bonds is 6. The lowest BCUT2D eigenvalue weighted by atomic mass is 9.96. The lowest BCUT2D eigenvalue weighted by Gasteiger charge is -2.31. The molecule has 1 N–H and O–H groups in total. The fourth-order valence-corrected chi connectivity index (χ4v) is 5.97. The Hall–Kier alpha value is -1.87. The van der Waals surface area contributed by atoms with E-state index in [-0.39, 0.29) is 28.5 Å². The van der Waals surface area contributed by atoms with Gasteiger partial charge < -0.3 is 14.7 Å². The van der Waals surface area contributed by atoms with Gasteiger partial charge in [0.25, 0.3) is 0 Å². The highest BCUT2D eigenvalue weighted by molar-refractivity contribution is 7.89. The van der Waals surface area contributed by atoms with Crippen LogP contribution in [0, 0.1) is 12.8 Å². The minimum atomic E-state index is -3.73. The third kappa shape index (κ3) is 5.43. The van der Waals surface area contributed by atoms with Crippen molar-refractivity contribution in [2.45, 2.75) is 69.2 Å². The molecule has 0 unspecified atom stereocenters. The number of sulfonamides is 1. The average molecular weight is 439 g/mol. The molecule has 1 aromatic heterocycles. The van der Waals surface area contributed by atoms with E-state index in [1.54, 1.807) is 24.1 Å². The van der Waals surface area contributed by atoms with Gasteiger partial charge in [0, 0.05) is 51.4 Å². The van der Waals surface area contributed by atoms with E-state index in [2.05, 4.69) is 10.5 Å². The van der Waals surface area contributed by atoms with E-state index in [9.17, 15) is 13.2 Å². The molecule has 0 bridgehead atoms. The van der Waals surface area contributed by atoms with Gasteiger partial charge in [-0.2, -0.15) is 4.31 Å². The van der Waals surface area contributed by atoms with E-state index in [1.807, 2.05) is 14.1 Å². The molecule has 2 aliphatic rings. The highest BCUT2D eigenvalue weighted by Crippen LogP contribution is 2.29. The van der Waals surface area contributed by atoms with Crippen LogP contribution in [-0.2, 0) is 14.8 Å². The molecule has 0 radical (unpaired) electrons. The smallest absolute Gasteiger partial charge is 0.248 e. The van der Waals surface area contributed by atoms with Crippen molar-refractivity contribution < 1.29 is 17.7 Å². The van der Waals surface area contributed by atoms with Crippen LogP contribution in [0.25, 0.3) is 6.08 Å². The Kier molecular flexibility index (Phi) is 7.57. The fourth-order valence-electron chi connectivity index (χ4n) is 4.25. The number of hydrogen-bond donors (Lipinski definition) is 1. The van der Waals surface area contributed by atoms with E-state index in [0.717, 1.165) is 12.8 Å². The first kappa shape index (κ1) is 22.8. The molecule has 1 saturated heterocycles. The molecule has 1 saturated carbocycles. The van der Waals surface area contributed by atoms with Crippen LogP contribution in [0.4, 0.5) is 0 Å². The average Bonchev–Trinajstić information content (AvgIpc) is 2.91. The van der Waals surface area contributed by atoms with Gasteiger partial charge in [-0.1, -0.05) is 30.8 Å². The molecule has 168 valence electrons. The maximum atomic E-state index is 13.2. The van der Waals surface area contributed by atoms with Gasteiger partial charge in [0.1, 0.15) is 5.69 Å². The van der Waals surface area contributed by atoms with Gasteiger partial charge in [0.15, 0.2) is 10.7 Å². The molecule has 30 heavy (non-hydrogen) atoms. The minimum absolute atomic E-state index is 0.0784. The zero-order valence-corrected chi connectivity index (χ0v) is 19.1. The Morgan fingerprint density at radius 2 is 1.77 bits per heavy atom. The summed E-state index contributed by atoms with van der Waals surface area (Å²) in [5.41, 5.74) is 0.349. The molecule has 1 aliphatic carbocycles. The van der Waals surface area contributed by atoms with Gasteiger partial charge in [0.05, 0.1) is 0 Å². The van der Waals surface area contributed by atoms with Crippen molar-refractivity contribution in [2.24, 2.45) is 5.92 Å². The van der Waals surface area contributed by atoms with Crippen molar-refractivity contribution in [1.82, 2.24) is 19.7 Å². The molecule has 1 aliphatic heterocycles. The Balaban J connectivity index is 1.63. The van der Waals surface area contributed by atoms with Crippen LogP contribution in [0.1, 0.15) is 62.8 Å². The van der Waals surface area contributed by atoms with Crippen LogP contribution in [0.15, 0.2) is 15.6 Å². The predicted molar refractivity (Wildman–Crippen MR) is 115 cm³/mol. The monoisotopic (exact) mass is 438 g/mol. The maximum Gasteiger partial charge on any atom is 0.248 e. The molecule has 1 amide bonds. The molecular weight excluding hydrogens is 404 g/mol. The molecule has 2 fully saturated rings. The Labute approximate surface area is 179 Å². The van der Waals surface area contributed by atoms with Crippen LogP contribution in [0.3, 0.4) is 0 Å². The summed E-state index contributed by atoms with van der Waals surface area (Å²) in [6.45, 7) is 2.29. The Bertz CT molecular complexity index is 846. The standard InChI is InChI=1S/C21H34N4O4S/c1-16-20(19(29-23-16)12-13-24(2)3)30(27,28)25-14-10-17(11-15-25)21(26)22-18-8-6-4-5-7-9-18/h12-13,17-18H,4-11,14-15H2,1-3H3,(H,22,26). The molecule has 3 rings (SSSR count). The summed E-state index contributed by atoms with van der Waals surface area (Å²) in [4.78, 5) is 14.6. The second-order valence-electron chi connectivity index (χ2n) is 8.62. The van der Waals surface area contributed by atoms with Crippen LogP contribution in [0.2, 0.25) is 0 Å². The highest BCUT2D eigenvalue weighted by Gasteiger charge is 2.36. The van der Waals surface area contributed by atoms with Gasteiger partial charge in [-0.05, 0) is 32.6 Å². The van der Waals surface area contributed by atoms with E-state index in [4.69, 9.17) is 4.52 Å². The Morgan fingerprint density at radius 3 is 2.37 bits per heavy atom. The molecule has 0 spiro atoms. The summed E-state index contributed by atoms with van der Waals surface area (Å²) < 4.78 is 33.2. The van der Waals surface area contributed by atoms with Gasteiger partial charge in [-0.15, -0.1) is 0 Å². The van der Waals surface area contributed by atoms with Gasteiger partial charge >= 0.3 is 0 Å². The quantitative estimate of drug-likeness (QED) is 0.686.